The molecule has 2 nitrogen and oxygen atoms in total. The van der Waals surface area contributed by atoms with Gasteiger partial charge in [0.25, 0.3) is 0 Å². The van der Waals surface area contributed by atoms with E-state index in [0.717, 1.165) is 12.1 Å². The second-order valence-electron chi connectivity index (χ2n) is 2.72. The molecule has 1 atom stereocenters. The molecule has 3 heteroatoms. The van der Waals surface area contributed by atoms with Crippen molar-refractivity contribution in [3.8, 4) is 0 Å². The fourth-order valence-electron chi connectivity index (χ4n) is 1.08. The maximum absolute atomic E-state index is 5.83. The summed E-state index contributed by atoms with van der Waals surface area (Å²) in [6.45, 7) is 4.11. The molecule has 12 heavy (non-hydrogen) atoms. The van der Waals surface area contributed by atoms with E-state index in [2.05, 4.69) is 11.9 Å². The van der Waals surface area contributed by atoms with Crippen LogP contribution < -0.4 is 5.73 Å². The van der Waals surface area contributed by atoms with Crippen LogP contribution in [0.2, 0.25) is 0 Å². The first-order valence-electron chi connectivity index (χ1n) is 3.92. The molecule has 0 saturated heterocycles. The van der Waals surface area contributed by atoms with Gasteiger partial charge in [-0.1, -0.05) is 13.0 Å². The van der Waals surface area contributed by atoms with Gasteiger partial charge in [0.2, 0.25) is 0 Å². The number of hydrogen-bond acceptors (Lipinski definition) is 2. The van der Waals surface area contributed by atoms with Crippen molar-refractivity contribution in [1.82, 2.24) is 4.98 Å². The minimum absolute atomic E-state index is 0. The molecule has 0 radical (unpaired) electrons. The van der Waals surface area contributed by atoms with Crippen molar-refractivity contribution < 1.29 is 0 Å². The standard InChI is InChI=1S/C9H14N2.ClH/c1-3-8(10)9-7(2)5-4-6-11-9;/h4-6,8H,3,10H2,1-2H3;1H/t8-;/m1./s1. The van der Waals surface area contributed by atoms with Crippen molar-refractivity contribution in [3.05, 3.63) is 29.6 Å². The maximum atomic E-state index is 5.83. The Morgan fingerprint density at radius 3 is 2.75 bits per heavy atom. The Morgan fingerprint density at radius 1 is 1.58 bits per heavy atom. The van der Waals surface area contributed by atoms with E-state index in [0.29, 0.717) is 0 Å². The lowest BCUT2D eigenvalue weighted by atomic mass is 10.1. The summed E-state index contributed by atoms with van der Waals surface area (Å²) in [6.07, 6.45) is 2.73. The summed E-state index contributed by atoms with van der Waals surface area (Å²) in [5.41, 5.74) is 8.04. The normalized spacial score (nSPS) is 11.9. The third-order valence-electron chi connectivity index (χ3n) is 1.84. The van der Waals surface area contributed by atoms with E-state index >= 15 is 0 Å². The molecule has 1 aromatic heterocycles. The predicted molar refractivity (Wildman–Crippen MR) is 53.4 cm³/mol. The fraction of sp³-hybridized carbons (Fsp3) is 0.444. The molecule has 0 aromatic carbocycles. The van der Waals surface area contributed by atoms with E-state index in [1.807, 2.05) is 19.1 Å². The smallest absolute Gasteiger partial charge is 0.0599 e. The predicted octanol–water partition coefficient (Wildman–Crippen LogP) is 2.22. The number of nitrogens with zero attached hydrogens (tertiary/aromatic N) is 1. The van der Waals surface area contributed by atoms with Gasteiger partial charge in [-0.15, -0.1) is 12.4 Å². The third-order valence-corrected chi connectivity index (χ3v) is 1.84. The average Bonchev–Trinajstić information content (AvgIpc) is 2.04. The number of nitrogens with two attached hydrogens (primary N) is 1. The number of pyridine rings is 1. The number of aromatic nitrogens is 1. The lowest BCUT2D eigenvalue weighted by molar-refractivity contribution is 0.670. The van der Waals surface area contributed by atoms with Gasteiger partial charge in [0, 0.05) is 12.2 Å². The number of aryl methyl sites for hydroxylation is 1. The average molecular weight is 187 g/mol. The Kier molecular flexibility index (Phi) is 4.86. The summed E-state index contributed by atoms with van der Waals surface area (Å²) >= 11 is 0. The first-order valence-corrected chi connectivity index (χ1v) is 3.92. The highest BCUT2D eigenvalue weighted by molar-refractivity contribution is 5.85. The minimum atomic E-state index is 0. The summed E-state index contributed by atoms with van der Waals surface area (Å²) in [4.78, 5) is 4.22. The van der Waals surface area contributed by atoms with Gasteiger partial charge in [0.15, 0.2) is 0 Å². The summed E-state index contributed by atoms with van der Waals surface area (Å²) in [5, 5.41) is 0. The van der Waals surface area contributed by atoms with E-state index in [9.17, 15) is 0 Å². The molecule has 68 valence electrons. The molecule has 1 aromatic rings. The van der Waals surface area contributed by atoms with Crippen molar-refractivity contribution in [2.24, 2.45) is 5.73 Å². The molecule has 0 aliphatic carbocycles. The molecule has 0 bridgehead atoms. The van der Waals surface area contributed by atoms with Gasteiger partial charge in [-0.3, -0.25) is 4.98 Å². The van der Waals surface area contributed by atoms with Crippen LogP contribution in [-0.2, 0) is 0 Å². The van der Waals surface area contributed by atoms with Gasteiger partial charge >= 0.3 is 0 Å². The Hall–Kier alpha value is -0.600. The highest BCUT2D eigenvalue weighted by Crippen LogP contribution is 2.13. The number of halogens is 1. The lowest BCUT2D eigenvalue weighted by Crippen LogP contribution is -2.11. The van der Waals surface area contributed by atoms with Crippen LogP contribution in [0.3, 0.4) is 0 Å². The molecule has 0 aliphatic heterocycles. The minimum Gasteiger partial charge on any atom is -0.323 e. The quantitative estimate of drug-likeness (QED) is 0.770. The number of hydrogen-bond donors (Lipinski definition) is 1. The van der Waals surface area contributed by atoms with E-state index in [-0.39, 0.29) is 18.4 Å². The van der Waals surface area contributed by atoms with Crippen LogP contribution in [0, 0.1) is 6.92 Å². The van der Waals surface area contributed by atoms with Crippen LogP contribution >= 0.6 is 12.4 Å². The second kappa shape index (κ2) is 5.12. The van der Waals surface area contributed by atoms with Crippen molar-refractivity contribution in [3.63, 3.8) is 0 Å². The topological polar surface area (TPSA) is 38.9 Å². The molecule has 0 aliphatic rings. The molecule has 0 amide bonds. The SMILES string of the molecule is CC[C@@H](N)c1ncccc1C.Cl. The molecule has 0 fully saturated rings. The molecule has 0 unspecified atom stereocenters. The molecular formula is C9H15ClN2. The van der Waals surface area contributed by atoms with Crippen LogP contribution in [0.5, 0.6) is 0 Å². The Morgan fingerprint density at radius 2 is 2.25 bits per heavy atom. The van der Waals surface area contributed by atoms with E-state index in [1.54, 1.807) is 6.20 Å². The monoisotopic (exact) mass is 186 g/mol. The Labute approximate surface area is 79.6 Å². The molecule has 1 rings (SSSR count). The van der Waals surface area contributed by atoms with Gasteiger partial charge in [0.1, 0.15) is 0 Å². The van der Waals surface area contributed by atoms with Gasteiger partial charge in [-0.2, -0.15) is 0 Å². The van der Waals surface area contributed by atoms with Crippen molar-refractivity contribution >= 4 is 12.4 Å². The summed E-state index contributed by atoms with van der Waals surface area (Å²) in [6, 6.07) is 4.06. The Balaban J connectivity index is 0.00000121. The maximum Gasteiger partial charge on any atom is 0.0599 e. The highest BCUT2D eigenvalue weighted by Gasteiger charge is 2.05. The molecule has 1 heterocycles. The van der Waals surface area contributed by atoms with Gasteiger partial charge < -0.3 is 5.73 Å². The zero-order chi connectivity index (χ0) is 8.27. The third kappa shape index (κ3) is 2.47. The van der Waals surface area contributed by atoms with Crippen LogP contribution in [0.4, 0.5) is 0 Å². The summed E-state index contributed by atoms with van der Waals surface area (Å²) in [7, 11) is 0. The Bertz CT molecular complexity index is 238. The van der Waals surface area contributed by atoms with Gasteiger partial charge in [0.05, 0.1) is 5.69 Å². The van der Waals surface area contributed by atoms with Crippen molar-refractivity contribution in [2.45, 2.75) is 26.3 Å². The largest absolute Gasteiger partial charge is 0.323 e. The van der Waals surface area contributed by atoms with Crippen LogP contribution in [0.15, 0.2) is 18.3 Å². The zero-order valence-corrected chi connectivity index (χ0v) is 8.27. The van der Waals surface area contributed by atoms with Crippen LogP contribution in [0.25, 0.3) is 0 Å². The van der Waals surface area contributed by atoms with E-state index in [4.69, 9.17) is 5.73 Å². The molecule has 0 saturated carbocycles. The van der Waals surface area contributed by atoms with Crippen molar-refractivity contribution in [2.75, 3.05) is 0 Å². The molecule has 0 spiro atoms. The second-order valence-corrected chi connectivity index (χ2v) is 2.72. The first-order chi connectivity index (χ1) is 5.25. The van der Waals surface area contributed by atoms with Crippen molar-refractivity contribution in [1.29, 1.82) is 0 Å². The highest BCUT2D eigenvalue weighted by atomic mass is 35.5. The van der Waals surface area contributed by atoms with Gasteiger partial charge in [-0.05, 0) is 25.0 Å². The fourth-order valence-corrected chi connectivity index (χ4v) is 1.08. The zero-order valence-electron chi connectivity index (χ0n) is 7.45. The lowest BCUT2D eigenvalue weighted by Gasteiger charge is -2.09. The number of rotatable bonds is 2. The van der Waals surface area contributed by atoms with E-state index < -0.39 is 0 Å². The van der Waals surface area contributed by atoms with Crippen LogP contribution in [-0.4, -0.2) is 4.98 Å². The molecular weight excluding hydrogens is 172 g/mol. The summed E-state index contributed by atoms with van der Waals surface area (Å²) < 4.78 is 0. The summed E-state index contributed by atoms with van der Waals surface area (Å²) in [5.74, 6) is 0. The van der Waals surface area contributed by atoms with Crippen LogP contribution in [0.1, 0.15) is 30.6 Å². The van der Waals surface area contributed by atoms with Gasteiger partial charge in [-0.25, -0.2) is 0 Å². The van der Waals surface area contributed by atoms with E-state index in [1.165, 1.54) is 5.56 Å². The molecule has 2 N–H and O–H groups in total. The first kappa shape index (κ1) is 11.4.